The van der Waals surface area contributed by atoms with Crippen LogP contribution in [0.15, 0.2) is 36.4 Å². The molecule has 4 atom stereocenters. The number of fused-ring (bicyclic) bond motifs is 3. The van der Waals surface area contributed by atoms with Gasteiger partial charge in [-0.25, -0.2) is 24.0 Å². The summed E-state index contributed by atoms with van der Waals surface area (Å²) in [6.07, 6.45) is -11.2. The number of benzene rings is 4. The number of hydrogen-bond acceptors (Lipinski definition) is 22. The molecule has 4 aromatic carbocycles. The molecule has 0 fully saturated rings. The monoisotopic (exact) mass is 802 g/mol. The Balaban J connectivity index is 1.72. The maximum absolute atomic E-state index is 14.0. The van der Waals surface area contributed by atoms with Gasteiger partial charge in [-0.3, -0.25) is 0 Å². The number of hydrogen-bond donors (Lipinski definition) is 14. The fraction of sp³-hybridized carbons (Fsp3) is 0.147. The number of aliphatic hydroxyl groups is 1. The summed E-state index contributed by atoms with van der Waals surface area (Å²) in [4.78, 5) is 66.7. The van der Waals surface area contributed by atoms with Gasteiger partial charge in [-0.05, 0) is 36.4 Å². The second-order valence-electron chi connectivity index (χ2n) is 11.8. The summed E-state index contributed by atoms with van der Waals surface area (Å²) in [6, 6.07) is 2.70. The molecule has 0 spiro atoms. The van der Waals surface area contributed by atoms with Crippen LogP contribution in [0.1, 0.15) is 41.4 Å². The number of aliphatic hydroxyl groups excluding tert-OH is 1. The van der Waals surface area contributed by atoms with Crippen LogP contribution in [0, 0.1) is 0 Å². The zero-order valence-corrected chi connectivity index (χ0v) is 27.9. The number of carboxylic acids is 1. The van der Waals surface area contributed by atoms with Crippen molar-refractivity contribution in [1.29, 1.82) is 0 Å². The minimum absolute atomic E-state index is 0.341. The van der Waals surface area contributed by atoms with Gasteiger partial charge in [-0.1, -0.05) is 0 Å². The summed E-state index contributed by atoms with van der Waals surface area (Å²) >= 11 is 0. The van der Waals surface area contributed by atoms with Crippen molar-refractivity contribution in [3.8, 4) is 80.1 Å². The standard InChI is InChI=1S/C34H26O23/c35-12-1-8(2-13(36)21(12)42)31(50)56-28(29(30(48)49)57-32(51)9-3-14(37)22(43)15(38)4-9)27-18(41)7-54-33(52)10-5-16(39)23(44)25(46)19(10)20-11(34(53)55-27)6-17(40)24(45)26(20)47/h1-6,18,27-29,35-47H,7H2,(H,48,49)/t18-,27+,28+,29+/m0/s1. The minimum Gasteiger partial charge on any atom is -0.504 e. The number of carbonyl (C=O) groups is 5. The Morgan fingerprint density at radius 1 is 0.561 bits per heavy atom. The molecule has 1 aliphatic rings. The molecule has 14 N–H and O–H groups in total. The van der Waals surface area contributed by atoms with E-state index in [1.54, 1.807) is 0 Å². The number of ether oxygens (including phenoxy) is 4. The van der Waals surface area contributed by atoms with Crippen LogP contribution in [0.4, 0.5) is 0 Å². The molecule has 5 rings (SSSR count). The third kappa shape index (κ3) is 7.35. The van der Waals surface area contributed by atoms with Gasteiger partial charge in [-0.15, -0.1) is 0 Å². The quantitative estimate of drug-likeness (QED) is 0.0683. The van der Waals surface area contributed by atoms with Gasteiger partial charge in [0, 0.05) is 11.1 Å². The van der Waals surface area contributed by atoms with Crippen LogP contribution in [0.25, 0.3) is 11.1 Å². The van der Waals surface area contributed by atoms with Crippen LogP contribution >= 0.6 is 0 Å². The molecule has 0 saturated heterocycles. The van der Waals surface area contributed by atoms with E-state index >= 15 is 0 Å². The van der Waals surface area contributed by atoms with Crippen molar-refractivity contribution in [3.05, 3.63) is 58.7 Å². The first-order chi connectivity index (χ1) is 26.6. The lowest BCUT2D eigenvalue weighted by Crippen LogP contribution is -2.54. The van der Waals surface area contributed by atoms with E-state index in [-0.39, 0.29) is 0 Å². The predicted molar refractivity (Wildman–Crippen MR) is 176 cm³/mol. The van der Waals surface area contributed by atoms with Crippen LogP contribution in [-0.2, 0) is 23.7 Å². The molecule has 57 heavy (non-hydrogen) atoms. The molecule has 23 heteroatoms. The van der Waals surface area contributed by atoms with Gasteiger partial charge in [-0.2, -0.15) is 0 Å². The number of carboxylic acid groups (broad SMARTS) is 1. The van der Waals surface area contributed by atoms with Gasteiger partial charge in [0.05, 0.1) is 22.3 Å². The summed E-state index contributed by atoms with van der Waals surface area (Å²) in [5, 5.41) is 143. The van der Waals surface area contributed by atoms with Gasteiger partial charge >= 0.3 is 29.8 Å². The third-order valence-electron chi connectivity index (χ3n) is 8.16. The first-order valence-corrected chi connectivity index (χ1v) is 15.4. The Morgan fingerprint density at radius 3 is 1.37 bits per heavy atom. The molecular formula is C34H26O23. The fourth-order valence-corrected chi connectivity index (χ4v) is 5.38. The lowest BCUT2D eigenvalue weighted by atomic mass is 9.92. The number of carbonyl (C=O) groups excluding carboxylic acids is 4. The van der Waals surface area contributed by atoms with E-state index in [0.717, 1.165) is 0 Å². The first kappa shape index (κ1) is 40.0. The number of cyclic esters (lactones) is 2. The largest absolute Gasteiger partial charge is 0.504 e. The van der Waals surface area contributed by atoms with Gasteiger partial charge in [0.2, 0.25) is 17.6 Å². The van der Waals surface area contributed by atoms with Crippen molar-refractivity contribution < 1.29 is 114 Å². The maximum atomic E-state index is 14.0. The highest BCUT2D eigenvalue weighted by Gasteiger charge is 2.48. The molecule has 0 aliphatic carbocycles. The van der Waals surface area contributed by atoms with E-state index in [2.05, 4.69) is 0 Å². The summed E-state index contributed by atoms with van der Waals surface area (Å²) in [7, 11) is 0. The Bertz CT molecular complexity index is 2320. The molecule has 0 unspecified atom stereocenters. The molecule has 0 radical (unpaired) electrons. The van der Waals surface area contributed by atoms with E-state index in [1.807, 2.05) is 0 Å². The summed E-state index contributed by atoms with van der Waals surface area (Å²) < 4.78 is 20.5. The van der Waals surface area contributed by atoms with E-state index in [0.29, 0.717) is 36.4 Å². The fourth-order valence-electron chi connectivity index (χ4n) is 5.38. The predicted octanol–water partition coefficient (Wildman–Crippen LogP) is 0.413. The number of phenolic OH excluding ortho intramolecular Hbond substituents is 12. The van der Waals surface area contributed by atoms with Crippen LogP contribution in [0.3, 0.4) is 0 Å². The van der Waals surface area contributed by atoms with Crippen LogP contribution in [0.2, 0.25) is 0 Å². The molecule has 0 amide bonds. The van der Waals surface area contributed by atoms with E-state index < -0.39 is 163 Å². The smallest absolute Gasteiger partial charge is 0.349 e. The second kappa shape index (κ2) is 14.9. The molecule has 1 aliphatic heterocycles. The highest BCUT2D eigenvalue weighted by Crippen LogP contribution is 2.53. The van der Waals surface area contributed by atoms with E-state index in [4.69, 9.17) is 18.9 Å². The third-order valence-corrected chi connectivity index (χ3v) is 8.16. The molecule has 0 aromatic heterocycles. The highest BCUT2D eigenvalue weighted by atomic mass is 16.6. The van der Waals surface area contributed by atoms with Gasteiger partial charge in [0.25, 0.3) is 0 Å². The number of aromatic hydroxyl groups is 12. The average molecular weight is 803 g/mol. The normalized spacial score (nSPS) is 16.4. The van der Waals surface area contributed by atoms with E-state index in [9.17, 15) is 95.5 Å². The van der Waals surface area contributed by atoms with Crippen molar-refractivity contribution in [2.24, 2.45) is 0 Å². The Kier molecular flexibility index (Phi) is 10.5. The molecular weight excluding hydrogens is 776 g/mol. The van der Waals surface area contributed by atoms with Crippen LogP contribution < -0.4 is 0 Å². The Hall–Kier alpha value is -8.21. The van der Waals surface area contributed by atoms with Crippen molar-refractivity contribution in [2.75, 3.05) is 6.61 Å². The maximum Gasteiger partial charge on any atom is 0.349 e. The zero-order chi connectivity index (χ0) is 42.4. The van der Waals surface area contributed by atoms with Crippen LogP contribution in [0.5, 0.6) is 69.0 Å². The SMILES string of the molecule is O=C(O[C@H]([C@@H]1OC(=O)c2cc(O)c(O)c(O)c2-c2c(cc(O)c(O)c2O)C(=O)OC[C@@H]1O)[C@@H](OC(=O)c1cc(O)c(O)c(O)c1)C(=O)O)c1cc(O)c(O)c(O)c1. The van der Waals surface area contributed by atoms with Gasteiger partial charge in [0.1, 0.15) is 12.7 Å². The second-order valence-corrected chi connectivity index (χ2v) is 11.8. The van der Waals surface area contributed by atoms with Gasteiger partial charge < -0.3 is 90.4 Å². The number of esters is 4. The molecule has 0 saturated carbocycles. The van der Waals surface area contributed by atoms with Crippen molar-refractivity contribution >= 4 is 29.8 Å². The first-order valence-electron chi connectivity index (χ1n) is 15.4. The number of phenols is 12. The Labute approximate surface area is 314 Å². The zero-order valence-electron chi connectivity index (χ0n) is 27.9. The molecule has 0 bridgehead atoms. The lowest BCUT2D eigenvalue weighted by molar-refractivity contribution is -0.166. The van der Waals surface area contributed by atoms with Crippen molar-refractivity contribution in [2.45, 2.75) is 24.4 Å². The Morgan fingerprint density at radius 2 is 0.947 bits per heavy atom. The highest BCUT2D eigenvalue weighted by molar-refractivity contribution is 6.08. The van der Waals surface area contributed by atoms with Crippen molar-refractivity contribution in [3.63, 3.8) is 0 Å². The molecule has 300 valence electrons. The molecule has 4 aromatic rings. The summed E-state index contributed by atoms with van der Waals surface area (Å²) in [6.45, 7) is -1.41. The lowest BCUT2D eigenvalue weighted by Gasteiger charge is -2.33. The topological polar surface area (TPSA) is 405 Å². The molecule has 23 nitrogen and oxygen atoms in total. The van der Waals surface area contributed by atoms with Gasteiger partial charge in [0.15, 0.2) is 69.7 Å². The summed E-state index contributed by atoms with van der Waals surface area (Å²) in [5.41, 5.74) is -6.12. The summed E-state index contributed by atoms with van der Waals surface area (Å²) in [5.74, 6) is -24.4. The van der Waals surface area contributed by atoms with Crippen LogP contribution in [-0.4, -0.2) is 132 Å². The average Bonchev–Trinajstić information content (AvgIpc) is 3.16. The van der Waals surface area contributed by atoms with Crippen molar-refractivity contribution in [1.82, 2.24) is 0 Å². The number of aliphatic carboxylic acids is 1. The number of rotatable bonds is 7. The van der Waals surface area contributed by atoms with E-state index in [1.165, 1.54) is 0 Å². The molecule has 1 heterocycles. The minimum atomic E-state index is -2.97.